The first-order valence-electron chi connectivity index (χ1n) is 9.42. The normalized spacial score (nSPS) is 12.6. The molecule has 0 fully saturated rings. The Hall–Kier alpha value is -2.82. The fourth-order valence-electron chi connectivity index (χ4n) is 3.45. The van der Waals surface area contributed by atoms with E-state index in [0.717, 1.165) is 29.0 Å². The lowest BCUT2D eigenvalue weighted by atomic mass is 10.1. The van der Waals surface area contributed by atoms with E-state index in [1.54, 1.807) is 7.11 Å². The quantitative estimate of drug-likeness (QED) is 0.784. The third-order valence-electron chi connectivity index (χ3n) is 5.03. The van der Waals surface area contributed by atoms with Gasteiger partial charge in [-0.1, -0.05) is 19.1 Å². The van der Waals surface area contributed by atoms with Gasteiger partial charge in [0.15, 0.2) is 0 Å². The van der Waals surface area contributed by atoms with Crippen LogP contribution >= 0.6 is 0 Å². The lowest BCUT2D eigenvalue weighted by Crippen LogP contribution is -2.30. The standard InChI is InChI=1S/C22H26N2O3/c1-4-21(25)24-13-12-17-14-18(8-11-20(17)24)22(26)23(5-2)15-16-6-9-19(27-3)10-7-16/h6-11,14H,4-5,12-13,15H2,1-3H3. The molecule has 0 saturated heterocycles. The lowest BCUT2D eigenvalue weighted by Gasteiger charge is -2.22. The van der Waals surface area contributed by atoms with E-state index < -0.39 is 0 Å². The lowest BCUT2D eigenvalue weighted by molar-refractivity contribution is -0.118. The molecule has 1 aliphatic heterocycles. The van der Waals surface area contributed by atoms with E-state index in [0.29, 0.717) is 31.6 Å². The highest BCUT2D eigenvalue weighted by molar-refractivity contribution is 5.98. The Morgan fingerprint density at radius 1 is 1.11 bits per heavy atom. The van der Waals surface area contributed by atoms with Crippen LogP contribution in [0.4, 0.5) is 5.69 Å². The van der Waals surface area contributed by atoms with Gasteiger partial charge in [0, 0.05) is 37.3 Å². The predicted molar refractivity (Wildman–Crippen MR) is 106 cm³/mol. The van der Waals surface area contributed by atoms with Crippen LogP contribution in [0, 0.1) is 0 Å². The molecule has 0 aromatic heterocycles. The zero-order valence-corrected chi connectivity index (χ0v) is 16.2. The van der Waals surface area contributed by atoms with Crippen molar-refractivity contribution in [3.63, 3.8) is 0 Å². The molecule has 27 heavy (non-hydrogen) atoms. The molecule has 2 amide bonds. The van der Waals surface area contributed by atoms with Crippen molar-refractivity contribution < 1.29 is 14.3 Å². The number of amides is 2. The molecule has 2 aromatic rings. The molecule has 0 unspecified atom stereocenters. The molecule has 0 saturated carbocycles. The molecule has 1 aliphatic rings. The number of benzene rings is 2. The van der Waals surface area contributed by atoms with Crippen LogP contribution in [0.15, 0.2) is 42.5 Å². The predicted octanol–water partition coefficient (Wildman–Crippen LogP) is 3.66. The van der Waals surface area contributed by atoms with Gasteiger partial charge < -0.3 is 14.5 Å². The summed E-state index contributed by atoms with van der Waals surface area (Å²) in [5.41, 5.74) is 3.75. The van der Waals surface area contributed by atoms with Gasteiger partial charge in [0.25, 0.3) is 5.91 Å². The molecule has 2 aromatic carbocycles. The molecule has 0 N–H and O–H groups in total. The van der Waals surface area contributed by atoms with Gasteiger partial charge in [0.1, 0.15) is 5.75 Å². The van der Waals surface area contributed by atoms with Gasteiger partial charge in [-0.2, -0.15) is 0 Å². The third kappa shape index (κ3) is 3.97. The molecule has 5 nitrogen and oxygen atoms in total. The smallest absolute Gasteiger partial charge is 0.254 e. The number of fused-ring (bicyclic) bond motifs is 1. The number of hydrogen-bond acceptors (Lipinski definition) is 3. The highest BCUT2D eigenvalue weighted by Crippen LogP contribution is 2.30. The Morgan fingerprint density at radius 3 is 2.48 bits per heavy atom. The van der Waals surface area contributed by atoms with E-state index in [4.69, 9.17) is 4.74 Å². The van der Waals surface area contributed by atoms with Gasteiger partial charge in [0.2, 0.25) is 5.91 Å². The number of ether oxygens (including phenoxy) is 1. The number of anilines is 1. The maximum Gasteiger partial charge on any atom is 0.254 e. The van der Waals surface area contributed by atoms with Crippen LogP contribution in [0.1, 0.15) is 41.8 Å². The molecule has 0 spiro atoms. The van der Waals surface area contributed by atoms with E-state index in [-0.39, 0.29) is 11.8 Å². The summed E-state index contributed by atoms with van der Waals surface area (Å²) in [5, 5.41) is 0. The Kier molecular flexibility index (Phi) is 5.79. The molecule has 5 heteroatoms. The summed E-state index contributed by atoms with van der Waals surface area (Å²) in [4.78, 5) is 28.7. The first kappa shape index (κ1) is 19.0. The zero-order valence-electron chi connectivity index (χ0n) is 16.2. The fourth-order valence-corrected chi connectivity index (χ4v) is 3.45. The van der Waals surface area contributed by atoms with Gasteiger partial charge in [-0.15, -0.1) is 0 Å². The van der Waals surface area contributed by atoms with Crippen LogP contribution < -0.4 is 9.64 Å². The molecule has 0 bridgehead atoms. The SMILES string of the molecule is CCC(=O)N1CCc2cc(C(=O)N(CC)Cc3ccc(OC)cc3)ccc21. The van der Waals surface area contributed by atoms with Gasteiger partial charge >= 0.3 is 0 Å². The number of carbonyl (C=O) groups is 2. The summed E-state index contributed by atoms with van der Waals surface area (Å²) in [6.45, 7) is 5.73. The fraction of sp³-hybridized carbons (Fsp3) is 0.364. The average Bonchev–Trinajstić information content (AvgIpc) is 3.14. The van der Waals surface area contributed by atoms with Crippen molar-refractivity contribution >= 4 is 17.5 Å². The van der Waals surface area contributed by atoms with E-state index >= 15 is 0 Å². The number of rotatable bonds is 6. The zero-order chi connectivity index (χ0) is 19.4. The number of nitrogens with zero attached hydrogens (tertiary/aromatic N) is 2. The van der Waals surface area contributed by atoms with Gasteiger partial charge in [0.05, 0.1) is 7.11 Å². The van der Waals surface area contributed by atoms with E-state index in [1.165, 1.54) is 0 Å². The second kappa shape index (κ2) is 8.25. The van der Waals surface area contributed by atoms with Crippen LogP contribution in [0.3, 0.4) is 0 Å². The third-order valence-corrected chi connectivity index (χ3v) is 5.03. The highest BCUT2D eigenvalue weighted by atomic mass is 16.5. The second-order valence-corrected chi connectivity index (χ2v) is 6.66. The van der Waals surface area contributed by atoms with E-state index in [1.807, 2.05) is 66.1 Å². The minimum Gasteiger partial charge on any atom is -0.497 e. The van der Waals surface area contributed by atoms with Crippen LogP contribution in [0.5, 0.6) is 5.75 Å². The summed E-state index contributed by atoms with van der Waals surface area (Å²) < 4.78 is 5.18. The van der Waals surface area contributed by atoms with Gasteiger partial charge in [-0.05, 0) is 54.8 Å². The molecule has 3 rings (SSSR count). The molecular formula is C22H26N2O3. The monoisotopic (exact) mass is 366 g/mol. The van der Waals surface area contributed by atoms with Crippen LogP contribution in [0.25, 0.3) is 0 Å². The minimum absolute atomic E-state index is 0.0105. The summed E-state index contributed by atoms with van der Waals surface area (Å²) in [5.74, 6) is 0.942. The van der Waals surface area contributed by atoms with Crippen LogP contribution in [0.2, 0.25) is 0 Å². The highest BCUT2D eigenvalue weighted by Gasteiger charge is 2.25. The minimum atomic E-state index is 0.0105. The molecule has 1 heterocycles. The topological polar surface area (TPSA) is 49.9 Å². The molecule has 0 radical (unpaired) electrons. The summed E-state index contributed by atoms with van der Waals surface area (Å²) >= 11 is 0. The van der Waals surface area contributed by atoms with Gasteiger partial charge in [-0.25, -0.2) is 0 Å². The molecule has 0 atom stereocenters. The van der Waals surface area contributed by atoms with Crippen molar-refractivity contribution in [3.05, 3.63) is 59.2 Å². The Labute approximate surface area is 160 Å². The van der Waals surface area contributed by atoms with E-state index in [2.05, 4.69) is 0 Å². The first-order valence-corrected chi connectivity index (χ1v) is 9.42. The van der Waals surface area contributed by atoms with Crippen LogP contribution in [-0.2, 0) is 17.8 Å². The maximum absolute atomic E-state index is 13.0. The maximum atomic E-state index is 13.0. The molecular weight excluding hydrogens is 340 g/mol. The summed E-state index contributed by atoms with van der Waals surface area (Å²) in [6.07, 6.45) is 1.29. The van der Waals surface area contributed by atoms with Crippen molar-refractivity contribution in [2.75, 3.05) is 25.1 Å². The Morgan fingerprint density at radius 2 is 1.85 bits per heavy atom. The van der Waals surface area contributed by atoms with Crippen molar-refractivity contribution in [2.24, 2.45) is 0 Å². The molecule has 142 valence electrons. The van der Waals surface area contributed by atoms with Crippen molar-refractivity contribution in [1.29, 1.82) is 0 Å². The summed E-state index contributed by atoms with van der Waals surface area (Å²) in [7, 11) is 1.64. The van der Waals surface area contributed by atoms with Gasteiger partial charge in [-0.3, -0.25) is 9.59 Å². The summed E-state index contributed by atoms with van der Waals surface area (Å²) in [6, 6.07) is 13.4. The van der Waals surface area contributed by atoms with Crippen LogP contribution in [-0.4, -0.2) is 36.9 Å². The van der Waals surface area contributed by atoms with Crippen molar-refractivity contribution in [2.45, 2.75) is 33.2 Å². The number of methoxy groups -OCH3 is 1. The number of hydrogen-bond donors (Lipinski definition) is 0. The molecule has 0 aliphatic carbocycles. The first-order chi connectivity index (χ1) is 13.1. The van der Waals surface area contributed by atoms with Crippen molar-refractivity contribution in [3.8, 4) is 5.75 Å². The number of carbonyl (C=O) groups excluding carboxylic acids is 2. The average molecular weight is 366 g/mol. The van der Waals surface area contributed by atoms with Crippen molar-refractivity contribution in [1.82, 2.24) is 4.90 Å². The second-order valence-electron chi connectivity index (χ2n) is 6.66. The Bertz CT molecular complexity index is 830. The van der Waals surface area contributed by atoms with E-state index in [9.17, 15) is 9.59 Å². The Balaban J connectivity index is 1.76. The largest absolute Gasteiger partial charge is 0.497 e.